The molecule has 6 heteroatoms. The summed E-state index contributed by atoms with van der Waals surface area (Å²) in [5, 5.41) is 11.4. The SMILES string of the molecule is CC[C@@H](Oc1ccccc1)C(=O)NCc1nnc2n1CCCCC2. The molecule has 0 spiro atoms. The number of carbonyl (C=O) groups is 1. The van der Waals surface area contributed by atoms with Crippen LogP contribution in [0.1, 0.15) is 44.3 Å². The standard InChI is InChI=1S/C18H24N4O2/c1-2-15(24-14-9-5-3-6-10-14)18(23)19-13-17-21-20-16-11-7-4-8-12-22(16)17/h3,5-6,9-10,15H,2,4,7-8,11-13H2,1H3,(H,19,23)/t15-/m1/s1. The van der Waals surface area contributed by atoms with E-state index in [4.69, 9.17) is 4.74 Å². The molecule has 0 saturated carbocycles. The minimum atomic E-state index is -0.501. The third-order valence-corrected chi connectivity index (χ3v) is 4.29. The number of ether oxygens (including phenoxy) is 1. The zero-order valence-corrected chi connectivity index (χ0v) is 14.1. The molecule has 6 nitrogen and oxygen atoms in total. The van der Waals surface area contributed by atoms with E-state index < -0.39 is 6.10 Å². The van der Waals surface area contributed by atoms with Gasteiger partial charge in [-0.15, -0.1) is 10.2 Å². The van der Waals surface area contributed by atoms with Gasteiger partial charge in [-0.3, -0.25) is 4.79 Å². The van der Waals surface area contributed by atoms with Gasteiger partial charge >= 0.3 is 0 Å². The summed E-state index contributed by atoms with van der Waals surface area (Å²) < 4.78 is 7.92. The van der Waals surface area contributed by atoms with Crippen LogP contribution in [-0.4, -0.2) is 26.8 Å². The molecule has 1 aromatic carbocycles. The van der Waals surface area contributed by atoms with E-state index in [2.05, 4.69) is 20.1 Å². The van der Waals surface area contributed by atoms with Gasteiger partial charge in [0.15, 0.2) is 11.9 Å². The van der Waals surface area contributed by atoms with E-state index in [0.717, 1.165) is 37.5 Å². The molecule has 0 radical (unpaired) electrons. The van der Waals surface area contributed by atoms with E-state index >= 15 is 0 Å². The van der Waals surface area contributed by atoms with Crippen molar-refractivity contribution in [2.45, 2.75) is 58.2 Å². The fourth-order valence-corrected chi connectivity index (χ4v) is 2.94. The summed E-state index contributed by atoms with van der Waals surface area (Å²) in [4.78, 5) is 12.4. The highest BCUT2D eigenvalue weighted by Crippen LogP contribution is 2.15. The molecule has 0 saturated heterocycles. The normalized spacial score (nSPS) is 15.2. The summed E-state index contributed by atoms with van der Waals surface area (Å²) in [6.45, 7) is 3.27. The van der Waals surface area contributed by atoms with E-state index in [0.29, 0.717) is 18.7 Å². The van der Waals surface area contributed by atoms with Crippen LogP contribution in [0.3, 0.4) is 0 Å². The molecule has 2 aromatic rings. The molecule has 0 fully saturated rings. The van der Waals surface area contributed by atoms with Crippen molar-refractivity contribution in [3.8, 4) is 5.75 Å². The number of aryl methyl sites for hydroxylation is 1. The molecule has 1 aliphatic rings. The van der Waals surface area contributed by atoms with Crippen molar-refractivity contribution in [1.29, 1.82) is 0 Å². The fourth-order valence-electron chi connectivity index (χ4n) is 2.94. The van der Waals surface area contributed by atoms with Gasteiger partial charge in [0.05, 0.1) is 6.54 Å². The second kappa shape index (κ2) is 7.95. The first-order chi connectivity index (χ1) is 11.8. The molecule has 0 aliphatic carbocycles. The third-order valence-electron chi connectivity index (χ3n) is 4.29. The Hall–Kier alpha value is -2.37. The molecule has 1 aromatic heterocycles. The summed E-state index contributed by atoms with van der Waals surface area (Å²) in [6.07, 6.45) is 4.60. The average molecular weight is 328 g/mol. The van der Waals surface area contributed by atoms with Crippen LogP contribution in [0.15, 0.2) is 30.3 Å². The summed E-state index contributed by atoms with van der Waals surface area (Å²) in [6, 6.07) is 9.42. The molecule has 1 amide bonds. The number of aromatic nitrogens is 3. The van der Waals surface area contributed by atoms with Crippen molar-refractivity contribution >= 4 is 5.91 Å². The Morgan fingerprint density at radius 1 is 1.25 bits per heavy atom. The maximum Gasteiger partial charge on any atom is 0.261 e. The Balaban J connectivity index is 1.59. The largest absolute Gasteiger partial charge is 0.481 e. The Bertz CT molecular complexity index is 669. The summed E-state index contributed by atoms with van der Waals surface area (Å²) in [5.41, 5.74) is 0. The Kier molecular flexibility index (Phi) is 5.46. The number of nitrogens with zero attached hydrogens (tertiary/aromatic N) is 3. The lowest BCUT2D eigenvalue weighted by atomic mass is 10.2. The van der Waals surface area contributed by atoms with Crippen LogP contribution >= 0.6 is 0 Å². The van der Waals surface area contributed by atoms with E-state index in [9.17, 15) is 4.79 Å². The summed E-state index contributed by atoms with van der Waals surface area (Å²) >= 11 is 0. The van der Waals surface area contributed by atoms with Crippen molar-refractivity contribution in [1.82, 2.24) is 20.1 Å². The summed E-state index contributed by atoms with van der Waals surface area (Å²) in [5.74, 6) is 2.45. The van der Waals surface area contributed by atoms with Gasteiger partial charge in [0.2, 0.25) is 0 Å². The molecule has 2 heterocycles. The Labute approximate surface area is 142 Å². The number of hydrogen-bond donors (Lipinski definition) is 1. The Morgan fingerprint density at radius 2 is 2.08 bits per heavy atom. The fraction of sp³-hybridized carbons (Fsp3) is 0.500. The van der Waals surface area contributed by atoms with Crippen LogP contribution in [0.2, 0.25) is 0 Å². The smallest absolute Gasteiger partial charge is 0.261 e. The zero-order chi connectivity index (χ0) is 16.8. The predicted molar refractivity (Wildman–Crippen MR) is 90.6 cm³/mol. The highest BCUT2D eigenvalue weighted by Gasteiger charge is 2.20. The van der Waals surface area contributed by atoms with E-state index in [1.807, 2.05) is 37.3 Å². The third kappa shape index (κ3) is 3.93. The topological polar surface area (TPSA) is 69.0 Å². The highest BCUT2D eigenvalue weighted by molar-refractivity contribution is 5.80. The van der Waals surface area contributed by atoms with E-state index in [1.165, 1.54) is 6.42 Å². The molecule has 1 aliphatic heterocycles. The van der Waals surface area contributed by atoms with Crippen LogP contribution in [-0.2, 0) is 24.3 Å². The lowest BCUT2D eigenvalue weighted by molar-refractivity contribution is -0.128. The zero-order valence-electron chi connectivity index (χ0n) is 14.1. The van der Waals surface area contributed by atoms with Crippen LogP contribution < -0.4 is 10.1 Å². The van der Waals surface area contributed by atoms with Crippen LogP contribution in [0.25, 0.3) is 0 Å². The first-order valence-electron chi connectivity index (χ1n) is 8.68. The average Bonchev–Trinajstić information content (AvgIpc) is 2.85. The minimum Gasteiger partial charge on any atom is -0.481 e. The second-order valence-electron chi connectivity index (χ2n) is 6.04. The van der Waals surface area contributed by atoms with Gasteiger partial charge in [0, 0.05) is 13.0 Å². The maximum atomic E-state index is 12.4. The number of hydrogen-bond acceptors (Lipinski definition) is 4. The first kappa shape index (κ1) is 16.5. The Morgan fingerprint density at radius 3 is 2.88 bits per heavy atom. The van der Waals surface area contributed by atoms with Gasteiger partial charge in [-0.1, -0.05) is 31.5 Å². The number of carbonyl (C=O) groups excluding carboxylic acids is 1. The molecule has 0 bridgehead atoms. The van der Waals surface area contributed by atoms with Crippen LogP contribution in [0, 0.1) is 0 Å². The van der Waals surface area contributed by atoms with Gasteiger partial charge in [-0.05, 0) is 31.4 Å². The van der Waals surface area contributed by atoms with Gasteiger partial charge < -0.3 is 14.6 Å². The first-order valence-corrected chi connectivity index (χ1v) is 8.68. The molecule has 3 rings (SSSR count). The predicted octanol–water partition coefficient (Wildman–Crippen LogP) is 2.48. The molecule has 1 N–H and O–H groups in total. The monoisotopic (exact) mass is 328 g/mol. The van der Waals surface area contributed by atoms with Gasteiger partial charge in [-0.25, -0.2) is 0 Å². The van der Waals surface area contributed by atoms with Crippen molar-refractivity contribution in [3.05, 3.63) is 42.0 Å². The van der Waals surface area contributed by atoms with Crippen molar-refractivity contribution in [3.63, 3.8) is 0 Å². The van der Waals surface area contributed by atoms with Crippen molar-refractivity contribution in [2.24, 2.45) is 0 Å². The van der Waals surface area contributed by atoms with Crippen LogP contribution in [0.5, 0.6) is 5.75 Å². The number of rotatable bonds is 6. The van der Waals surface area contributed by atoms with Crippen molar-refractivity contribution < 1.29 is 9.53 Å². The molecule has 128 valence electrons. The van der Waals surface area contributed by atoms with Gasteiger partial charge in [-0.2, -0.15) is 0 Å². The quantitative estimate of drug-likeness (QED) is 0.884. The van der Waals surface area contributed by atoms with Crippen molar-refractivity contribution in [2.75, 3.05) is 0 Å². The molecule has 0 unspecified atom stereocenters. The highest BCUT2D eigenvalue weighted by atomic mass is 16.5. The van der Waals surface area contributed by atoms with Crippen LogP contribution in [0.4, 0.5) is 0 Å². The lowest BCUT2D eigenvalue weighted by Gasteiger charge is -2.17. The number of nitrogens with one attached hydrogen (secondary N) is 1. The molecule has 1 atom stereocenters. The summed E-state index contributed by atoms with van der Waals surface area (Å²) in [7, 11) is 0. The minimum absolute atomic E-state index is 0.118. The molecular formula is C18H24N4O2. The number of amides is 1. The maximum absolute atomic E-state index is 12.4. The molecule has 24 heavy (non-hydrogen) atoms. The number of fused-ring (bicyclic) bond motifs is 1. The second-order valence-corrected chi connectivity index (χ2v) is 6.04. The number of para-hydroxylation sites is 1. The lowest BCUT2D eigenvalue weighted by Crippen LogP contribution is -2.38. The molecular weight excluding hydrogens is 304 g/mol. The van der Waals surface area contributed by atoms with E-state index in [1.54, 1.807) is 0 Å². The van der Waals surface area contributed by atoms with E-state index in [-0.39, 0.29) is 5.91 Å². The van der Waals surface area contributed by atoms with Gasteiger partial charge in [0.25, 0.3) is 5.91 Å². The number of benzene rings is 1. The van der Waals surface area contributed by atoms with Gasteiger partial charge in [0.1, 0.15) is 11.6 Å².